The maximum absolute atomic E-state index is 12.2. The lowest BCUT2D eigenvalue weighted by Crippen LogP contribution is -2.44. The van der Waals surface area contributed by atoms with E-state index in [4.69, 9.17) is 19.1 Å². The Kier molecular flexibility index (Phi) is 5.78. The summed E-state index contributed by atoms with van der Waals surface area (Å²) in [6, 6.07) is 5.97. The smallest absolute Gasteiger partial charge is 0.413 e. The molecule has 1 aromatic carbocycles. The first kappa shape index (κ1) is 19.6. The second-order valence-electron chi connectivity index (χ2n) is 6.60. The van der Waals surface area contributed by atoms with Crippen LogP contribution < -0.4 is 10.1 Å². The maximum atomic E-state index is 12.2. The van der Waals surface area contributed by atoms with E-state index in [0.29, 0.717) is 11.0 Å². The number of esters is 1. The third-order valence-electron chi connectivity index (χ3n) is 4.19. The van der Waals surface area contributed by atoms with E-state index >= 15 is 0 Å². The first-order valence-electron chi connectivity index (χ1n) is 8.80. The van der Waals surface area contributed by atoms with E-state index in [9.17, 15) is 19.2 Å². The zero-order valence-corrected chi connectivity index (χ0v) is 15.4. The molecule has 0 aliphatic carbocycles. The van der Waals surface area contributed by atoms with Gasteiger partial charge < -0.3 is 19.6 Å². The van der Waals surface area contributed by atoms with Gasteiger partial charge in [-0.1, -0.05) is 32.0 Å². The number of carbonyl (C=O) groups excluding carboxylic acids is 4. The van der Waals surface area contributed by atoms with Gasteiger partial charge in [0.25, 0.3) is 0 Å². The number of amides is 2. The zero-order chi connectivity index (χ0) is 20.3. The topological polar surface area (TPSA) is 120 Å². The van der Waals surface area contributed by atoms with Crippen LogP contribution in [0.1, 0.15) is 38.2 Å². The molecule has 2 fully saturated rings. The highest BCUT2D eigenvalue weighted by Gasteiger charge is 2.40. The molecule has 2 aliphatic rings. The molecule has 1 N–H and O–H groups in total. The van der Waals surface area contributed by atoms with Crippen molar-refractivity contribution >= 4 is 23.9 Å². The van der Waals surface area contributed by atoms with Crippen LogP contribution in [0.4, 0.5) is 4.79 Å². The van der Waals surface area contributed by atoms with Crippen molar-refractivity contribution in [2.75, 3.05) is 6.61 Å². The molecule has 1 unspecified atom stereocenters. The number of nitrogens with zero attached hydrogens (tertiary/aromatic N) is 1. The number of nitrogens with one attached hydrogen (secondary N) is 1. The number of rotatable bonds is 5. The Hall–Kier alpha value is -3.14. The van der Waals surface area contributed by atoms with E-state index in [1.807, 2.05) is 26.0 Å². The van der Waals surface area contributed by atoms with E-state index < -0.39 is 36.1 Å². The van der Waals surface area contributed by atoms with Crippen LogP contribution in [-0.2, 0) is 28.8 Å². The fourth-order valence-electron chi connectivity index (χ4n) is 2.73. The number of ether oxygens (including phenoxy) is 2. The molecule has 10 nitrogen and oxygen atoms in total. The molecular formula is C18H20N2O8. The van der Waals surface area contributed by atoms with Crippen molar-refractivity contribution in [2.45, 2.75) is 44.8 Å². The highest BCUT2D eigenvalue weighted by molar-refractivity contribution is 5.88. The van der Waals surface area contributed by atoms with Crippen LogP contribution in [0.25, 0.3) is 0 Å². The lowest BCUT2D eigenvalue weighted by Gasteiger charge is -2.16. The molecule has 2 amide bonds. The fraction of sp³-hybridized carbons (Fsp3) is 0.444. The number of hydroxylamine groups is 2. The molecule has 0 bridgehead atoms. The molecule has 0 saturated carbocycles. The quantitative estimate of drug-likeness (QED) is 0.742. The van der Waals surface area contributed by atoms with E-state index in [1.54, 1.807) is 12.1 Å². The molecule has 2 atom stereocenters. The number of hydrogen-bond acceptors (Lipinski definition) is 8. The fourth-order valence-corrected chi connectivity index (χ4v) is 2.73. The van der Waals surface area contributed by atoms with Crippen molar-refractivity contribution in [2.24, 2.45) is 0 Å². The normalized spacial score (nSPS) is 21.6. The maximum Gasteiger partial charge on any atom is 0.413 e. The molecule has 0 aromatic heterocycles. The Morgan fingerprint density at radius 2 is 2.00 bits per heavy atom. The van der Waals surface area contributed by atoms with Gasteiger partial charge in [0.15, 0.2) is 0 Å². The summed E-state index contributed by atoms with van der Waals surface area (Å²) in [6.07, 6.45) is -1.65. The van der Waals surface area contributed by atoms with Gasteiger partial charge >= 0.3 is 23.9 Å². The second kappa shape index (κ2) is 8.26. The lowest BCUT2D eigenvalue weighted by molar-refractivity contribution is -0.306. The molecular weight excluding hydrogens is 372 g/mol. The summed E-state index contributed by atoms with van der Waals surface area (Å²) in [7, 11) is 0. The summed E-state index contributed by atoms with van der Waals surface area (Å²) in [4.78, 5) is 57.1. The Morgan fingerprint density at radius 3 is 2.68 bits per heavy atom. The molecule has 2 saturated heterocycles. The second-order valence-corrected chi connectivity index (χ2v) is 6.60. The molecule has 2 aliphatic heterocycles. The highest BCUT2D eigenvalue weighted by atomic mass is 17.0. The zero-order valence-electron chi connectivity index (χ0n) is 15.4. The first-order chi connectivity index (χ1) is 13.3. The molecule has 0 radical (unpaired) electrons. The van der Waals surface area contributed by atoms with Crippen LogP contribution in [0.5, 0.6) is 5.75 Å². The largest absolute Gasteiger partial charge is 0.450 e. The summed E-state index contributed by atoms with van der Waals surface area (Å²) < 4.78 is 10.0. The van der Waals surface area contributed by atoms with Crippen LogP contribution in [0.2, 0.25) is 0 Å². The minimum Gasteiger partial charge on any atom is -0.450 e. The number of cyclic esters (lactones) is 1. The van der Waals surface area contributed by atoms with Crippen molar-refractivity contribution in [1.29, 1.82) is 0 Å². The molecule has 1 aromatic rings. The van der Waals surface area contributed by atoms with Crippen molar-refractivity contribution in [3.05, 3.63) is 29.8 Å². The van der Waals surface area contributed by atoms with Gasteiger partial charge in [-0.15, -0.1) is 0 Å². The lowest BCUT2D eigenvalue weighted by atomic mass is 10.0. The van der Waals surface area contributed by atoms with Crippen molar-refractivity contribution in [3.8, 4) is 5.75 Å². The van der Waals surface area contributed by atoms with Crippen LogP contribution in [0.3, 0.4) is 0 Å². The van der Waals surface area contributed by atoms with Gasteiger partial charge in [-0.2, -0.15) is 0 Å². The average molecular weight is 392 g/mol. The molecule has 10 heteroatoms. The standard InChI is InChI=1S/C18H20N2O8/c1-10(2)11-5-3-4-6-13(11)27-18(24)19-12-9-25-20(16(12)22)28-17(23)14-7-8-15(21)26-14/h3-6,10,12,14H,7-9H2,1-2H3,(H,19,24)/t12-,14?/m0/s1. The Balaban J connectivity index is 1.53. The number of para-hydroxylation sites is 1. The van der Waals surface area contributed by atoms with Gasteiger partial charge in [0, 0.05) is 12.8 Å². The minimum absolute atomic E-state index is 0.0996. The Bertz CT molecular complexity index is 794. The monoisotopic (exact) mass is 392 g/mol. The van der Waals surface area contributed by atoms with Crippen LogP contribution in [-0.4, -0.2) is 47.9 Å². The average Bonchev–Trinajstić information content (AvgIpc) is 3.23. The first-order valence-corrected chi connectivity index (χ1v) is 8.80. The van der Waals surface area contributed by atoms with Gasteiger partial charge in [0.05, 0.1) is 0 Å². The number of benzene rings is 1. The molecule has 150 valence electrons. The predicted octanol–water partition coefficient (Wildman–Crippen LogP) is 1.20. The Morgan fingerprint density at radius 1 is 1.25 bits per heavy atom. The van der Waals surface area contributed by atoms with E-state index in [2.05, 4.69) is 5.32 Å². The predicted molar refractivity (Wildman–Crippen MR) is 91.5 cm³/mol. The van der Waals surface area contributed by atoms with Gasteiger partial charge in [-0.3, -0.25) is 9.59 Å². The van der Waals surface area contributed by atoms with Crippen molar-refractivity contribution in [3.63, 3.8) is 0 Å². The third kappa shape index (κ3) is 4.39. The molecule has 28 heavy (non-hydrogen) atoms. The summed E-state index contributed by atoms with van der Waals surface area (Å²) >= 11 is 0. The van der Waals surface area contributed by atoms with Gasteiger partial charge in [0.1, 0.15) is 18.4 Å². The van der Waals surface area contributed by atoms with Crippen molar-refractivity contribution in [1.82, 2.24) is 10.5 Å². The summed E-state index contributed by atoms with van der Waals surface area (Å²) in [6.45, 7) is 3.68. The molecule has 0 spiro atoms. The Labute approximate surface area is 160 Å². The summed E-state index contributed by atoms with van der Waals surface area (Å²) in [5, 5.41) is 2.75. The van der Waals surface area contributed by atoms with Crippen LogP contribution >= 0.6 is 0 Å². The SMILES string of the molecule is CC(C)c1ccccc1OC(=O)N[C@H]1CON(OC(=O)C2CCC(=O)O2)C1=O. The molecule has 2 heterocycles. The van der Waals surface area contributed by atoms with Gasteiger partial charge in [-0.25, -0.2) is 14.4 Å². The van der Waals surface area contributed by atoms with Crippen LogP contribution in [0, 0.1) is 0 Å². The molecule has 3 rings (SSSR count). The summed E-state index contributed by atoms with van der Waals surface area (Å²) in [5.41, 5.74) is 0.841. The highest BCUT2D eigenvalue weighted by Crippen LogP contribution is 2.26. The van der Waals surface area contributed by atoms with E-state index in [1.165, 1.54) is 0 Å². The summed E-state index contributed by atoms with van der Waals surface area (Å²) in [5.74, 6) is -1.70. The van der Waals surface area contributed by atoms with E-state index in [0.717, 1.165) is 5.56 Å². The van der Waals surface area contributed by atoms with Crippen LogP contribution in [0.15, 0.2) is 24.3 Å². The minimum atomic E-state index is -1.09. The van der Waals surface area contributed by atoms with Gasteiger partial charge in [0.2, 0.25) is 6.10 Å². The van der Waals surface area contributed by atoms with Crippen molar-refractivity contribution < 1.29 is 38.3 Å². The third-order valence-corrected chi connectivity index (χ3v) is 4.19. The number of hydrogen-bond donors (Lipinski definition) is 1. The number of carbonyl (C=O) groups is 4. The van der Waals surface area contributed by atoms with Gasteiger partial charge in [-0.05, 0) is 22.8 Å². The van der Waals surface area contributed by atoms with E-state index in [-0.39, 0.29) is 25.4 Å².